The van der Waals surface area contributed by atoms with Gasteiger partial charge in [-0.15, -0.1) is 5.10 Å². The van der Waals surface area contributed by atoms with Crippen LogP contribution in [-0.2, 0) is 0 Å². The normalized spacial score (nSPS) is 11.5. The van der Waals surface area contributed by atoms with Crippen LogP contribution in [0.15, 0.2) is 27.9 Å². The molecule has 0 fully saturated rings. The minimum Gasteiger partial charge on any atom is -0.508 e. The first-order valence-electron chi connectivity index (χ1n) is 7.26. The molecule has 2 heterocycles. The Morgan fingerprint density at radius 1 is 1.35 bits per heavy atom. The van der Waals surface area contributed by atoms with Crippen molar-refractivity contribution in [3.8, 4) is 17.3 Å². The van der Waals surface area contributed by atoms with Crippen molar-refractivity contribution in [2.45, 2.75) is 13.8 Å². The summed E-state index contributed by atoms with van der Waals surface area (Å²) in [4.78, 5) is 12.3. The van der Waals surface area contributed by atoms with Crippen LogP contribution in [0, 0.1) is 6.92 Å². The molecule has 3 rings (SSSR count). The molecule has 26 heavy (non-hydrogen) atoms. The van der Waals surface area contributed by atoms with Gasteiger partial charge in [0.05, 0.1) is 11.4 Å². The minimum absolute atomic E-state index is 0.00104. The van der Waals surface area contributed by atoms with Crippen LogP contribution in [0.25, 0.3) is 5.82 Å². The molecule has 12 nitrogen and oxygen atoms in total. The Labute approximate surface area is 145 Å². The second-order valence-corrected chi connectivity index (χ2v) is 5.25. The number of hydrazone groups is 1. The van der Waals surface area contributed by atoms with E-state index in [4.69, 9.17) is 5.73 Å². The van der Waals surface area contributed by atoms with Crippen LogP contribution in [-0.4, -0.2) is 47.1 Å². The molecule has 3 aromatic rings. The first-order chi connectivity index (χ1) is 12.4. The van der Waals surface area contributed by atoms with E-state index in [0.29, 0.717) is 17.0 Å². The van der Waals surface area contributed by atoms with Crippen molar-refractivity contribution in [3.05, 3.63) is 35.2 Å². The van der Waals surface area contributed by atoms with E-state index in [0.717, 1.165) is 0 Å². The van der Waals surface area contributed by atoms with Gasteiger partial charge in [0.25, 0.3) is 5.91 Å². The number of aromatic nitrogens is 5. The molecular formula is C14H14N8O4. The number of benzene rings is 1. The lowest BCUT2D eigenvalue weighted by Gasteiger charge is -2.05. The number of phenolic OH excluding ortho intramolecular Hbond substituents is 2. The molecule has 2 aromatic heterocycles. The molecule has 1 amide bonds. The second-order valence-electron chi connectivity index (χ2n) is 5.25. The third kappa shape index (κ3) is 3.02. The third-order valence-electron chi connectivity index (χ3n) is 3.50. The lowest BCUT2D eigenvalue weighted by molar-refractivity contribution is 0.0949. The summed E-state index contributed by atoms with van der Waals surface area (Å²) in [5.74, 6) is -0.764. The summed E-state index contributed by atoms with van der Waals surface area (Å²) in [5.41, 5.74) is 8.94. The number of carbonyl (C=O) groups excluding carboxylic acids is 1. The zero-order valence-corrected chi connectivity index (χ0v) is 13.7. The van der Waals surface area contributed by atoms with E-state index in [1.807, 2.05) is 0 Å². The van der Waals surface area contributed by atoms with Gasteiger partial charge in [0.2, 0.25) is 11.6 Å². The summed E-state index contributed by atoms with van der Waals surface area (Å²) in [5, 5.41) is 37.6. The van der Waals surface area contributed by atoms with Crippen LogP contribution < -0.4 is 11.2 Å². The summed E-state index contributed by atoms with van der Waals surface area (Å²) >= 11 is 0. The Kier molecular flexibility index (Phi) is 4.22. The van der Waals surface area contributed by atoms with E-state index in [1.165, 1.54) is 22.9 Å². The number of anilines is 1. The van der Waals surface area contributed by atoms with Crippen LogP contribution in [0.3, 0.4) is 0 Å². The molecule has 0 saturated carbocycles. The molecule has 12 heteroatoms. The van der Waals surface area contributed by atoms with Crippen molar-refractivity contribution in [1.29, 1.82) is 0 Å². The zero-order valence-electron chi connectivity index (χ0n) is 13.7. The average Bonchev–Trinajstić information content (AvgIpc) is 3.17. The predicted octanol–water partition coefficient (Wildman–Crippen LogP) is 0.106. The number of aromatic hydroxyl groups is 2. The highest BCUT2D eigenvalue weighted by Gasteiger charge is 2.20. The van der Waals surface area contributed by atoms with Gasteiger partial charge in [-0.3, -0.25) is 4.79 Å². The zero-order chi connectivity index (χ0) is 18.8. The van der Waals surface area contributed by atoms with Gasteiger partial charge in [0.15, 0.2) is 5.69 Å². The Morgan fingerprint density at radius 3 is 2.77 bits per heavy atom. The molecule has 5 N–H and O–H groups in total. The van der Waals surface area contributed by atoms with Gasteiger partial charge in [-0.1, -0.05) is 5.21 Å². The average molecular weight is 358 g/mol. The highest BCUT2D eigenvalue weighted by molar-refractivity contribution is 6.02. The fraction of sp³-hybridized carbons (Fsp3) is 0.143. The quantitative estimate of drug-likeness (QED) is 0.372. The molecule has 0 aliphatic rings. The van der Waals surface area contributed by atoms with Gasteiger partial charge in [0.1, 0.15) is 11.5 Å². The number of carbonyl (C=O) groups is 1. The first kappa shape index (κ1) is 16.9. The number of phenols is 2. The van der Waals surface area contributed by atoms with Crippen molar-refractivity contribution in [2.24, 2.45) is 5.10 Å². The molecule has 0 unspecified atom stereocenters. The van der Waals surface area contributed by atoms with Crippen LogP contribution in [0.5, 0.6) is 11.5 Å². The Hall–Kier alpha value is -3.96. The fourth-order valence-corrected chi connectivity index (χ4v) is 2.15. The van der Waals surface area contributed by atoms with Crippen LogP contribution in [0.4, 0.5) is 5.82 Å². The molecule has 0 radical (unpaired) electrons. The van der Waals surface area contributed by atoms with Gasteiger partial charge in [-0.2, -0.15) is 9.78 Å². The summed E-state index contributed by atoms with van der Waals surface area (Å²) in [6, 6.07) is 4.03. The third-order valence-corrected chi connectivity index (χ3v) is 3.50. The molecule has 0 spiro atoms. The van der Waals surface area contributed by atoms with Gasteiger partial charge >= 0.3 is 0 Å². The van der Waals surface area contributed by atoms with E-state index < -0.39 is 5.91 Å². The largest absolute Gasteiger partial charge is 0.508 e. The molecule has 0 aliphatic heterocycles. The number of nitrogens with one attached hydrogen (secondary N) is 1. The standard InChI is InChI=1S/C14H14N8O4/c1-6(9-4-3-8(23)5-10(9)24)16-18-14(25)11-7(2)22(21-17-11)13-12(15)19-26-20-13/h3-5,23-24H,1-2H3,(H2,15,19)(H,18,25). The molecule has 1 aromatic carbocycles. The van der Waals surface area contributed by atoms with E-state index in [1.54, 1.807) is 13.8 Å². The van der Waals surface area contributed by atoms with E-state index in [9.17, 15) is 15.0 Å². The monoisotopic (exact) mass is 358 g/mol. The minimum atomic E-state index is -0.624. The Bertz CT molecular complexity index is 1010. The maximum atomic E-state index is 12.3. The Balaban J connectivity index is 1.80. The maximum absolute atomic E-state index is 12.3. The highest BCUT2D eigenvalue weighted by Crippen LogP contribution is 2.23. The molecule has 0 bridgehead atoms. The van der Waals surface area contributed by atoms with E-state index in [2.05, 4.69) is 35.8 Å². The van der Waals surface area contributed by atoms with Crippen molar-refractivity contribution < 1.29 is 19.6 Å². The number of nitrogens with two attached hydrogens (primary N) is 1. The number of nitrogen functional groups attached to an aromatic ring is 1. The van der Waals surface area contributed by atoms with Gasteiger partial charge in [-0.05, 0) is 36.3 Å². The first-order valence-corrected chi connectivity index (χ1v) is 7.26. The van der Waals surface area contributed by atoms with Gasteiger partial charge in [-0.25, -0.2) is 10.1 Å². The molecule has 0 aliphatic carbocycles. The number of hydrogen-bond donors (Lipinski definition) is 4. The number of amides is 1. The number of rotatable bonds is 4. The second kappa shape index (κ2) is 6.51. The van der Waals surface area contributed by atoms with Crippen LogP contribution >= 0.6 is 0 Å². The van der Waals surface area contributed by atoms with E-state index in [-0.39, 0.29) is 28.8 Å². The van der Waals surface area contributed by atoms with Gasteiger partial charge < -0.3 is 15.9 Å². The summed E-state index contributed by atoms with van der Waals surface area (Å²) < 4.78 is 5.71. The lowest BCUT2D eigenvalue weighted by Crippen LogP contribution is -2.21. The van der Waals surface area contributed by atoms with Crippen molar-refractivity contribution in [2.75, 3.05) is 5.73 Å². The molecule has 0 saturated heterocycles. The van der Waals surface area contributed by atoms with Crippen molar-refractivity contribution in [1.82, 2.24) is 30.7 Å². The predicted molar refractivity (Wildman–Crippen MR) is 87.8 cm³/mol. The lowest BCUT2D eigenvalue weighted by atomic mass is 10.1. The van der Waals surface area contributed by atoms with Crippen molar-refractivity contribution >= 4 is 17.4 Å². The Morgan fingerprint density at radius 2 is 2.12 bits per heavy atom. The van der Waals surface area contributed by atoms with Gasteiger partial charge in [0, 0.05) is 11.6 Å². The molecule has 0 atom stereocenters. The van der Waals surface area contributed by atoms with Crippen LogP contribution in [0.2, 0.25) is 0 Å². The van der Waals surface area contributed by atoms with Crippen LogP contribution in [0.1, 0.15) is 28.7 Å². The summed E-state index contributed by atoms with van der Waals surface area (Å²) in [7, 11) is 0. The maximum Gasteiger partial charge on any atom is 0.293 e. The van der Waals surface area contributed by atoms with Crippen molar-refractivity contribution in [3.63, 3.8) is 0 Å². The summed E-state index contributed by atoms with van der Waals surface area (Å²) in [6.07, 6.45) is 0. The fourth-order valence-electron chi connectivity index (χ4n) is 2.15. The smallest absolute Gasteiger partial charge is 0.293 e. The van der Waals surface area contributed by atoms with E-state index >= 15 is 0 Å². The molecular weight excluding hydrogens is 344 g/mol. The number of nitrogens with zero attached hydrogens (tertiary/aromatic N) is 6. The SMILES string of the molecule is CC(=NNC(=O)c1nnn(-c2nonc2N)c1C)c1ccc(O)cc1O. The highest BCUT2D eigenvalue weighted by atomic mass is 16.6. The number of hydrogen-bond acceptors (Lipinski definition) is 10. The molecule has 134 valence electrons. The topological polar surface area (TPSA) is 178 Å². The summed E-state index contributed by atoms with van der Waals surface area (Å²) in [6.45, 7) is 3.17.